The highest BCUT2D eigenvalue weighted by Crippen LogP contribution is 2.15. The van der Waals surface area contributed by atoms with Crippen LogP contribution in [0.25, 0.3) is 0 Å². The van der Waals surface area contributed by atoms with Crippen molar-refractivity contribution in [3.05, 3.63) is 10.6 Å². The minimum atomic E-state index is -1.49. The maximum atomic E-state index is 11.3. The van der Waals surface area contributed by atoms with Gasteiger partial charge in [-0.3, -0.25) is 0 Å². The molecule has 7 nitrogen and oxygen atoms in total. The number of primary amides is 1. The van der Waals surface area contributed by atoms with Crippen molar-refractivity contribution < 1.29 is 24.2 Å². The molecule has 0 aromatic heterocycles. The molecule has 0 aliphatic carbocycles. The van der Waals surface area contributed by atoms with Crippen LogP contribution >= 0.6 is 11.8 Å². The zero-order chi connectivity index (χ0) is 12.7. The lowest BCUT2D eigenvalue weighted by Crippen LogP contribution is -2.31. The Balaban J connectivity index is 5.24. The van der Waals surface area contributed by atoms with Gasteiger partial charge in [0.1, 0.15) is 0 Å². The van der Waals surface area contributed by atoms with Gasteiger partial charge in [0.15, 0.2) is 5.57 Å². The zero-order valence-electron chi connectivity index (χ0n) is 8.77. The summed E-state index contributed by atoms with van der Waals surface area (Å²) in [6.45, 7) is 1.57. The molecule has 0 aromatic rings. The van der Waals surface area contributed by atoms with Gasteiger partial charge in [-0.05, 0) is 13.2 Å². The average molecular weight is 248 g/mol. The maximum Gasteiger partial charge on any atom is 0.348 e. The van der Waals surface area contributed by atoms with Crippen LogP contribution in [0.15, 0.2) is 10.6 Å². The summed E-state index contributed by atoms with van der Waals surface area (Å²) < 4.78 is 4.55. The smallest absolute Gasteiger partial charge is 0.348 e. The molecule has 8 heteroatoms. The molecule has 0 radical (unpaired) electrons. The number of urea groups is 1. The highest BCUT2D eigenvalue weighted by Gasteiger charge is 2.24. The van der Waals surface area contributed by atoms with E-state index in [2.05, 4.69) is 10.1 Å². The Hall–Kier alpha value is -1.70. The summed E-state index contributed by atoms with van der Waals surface area (Å²) >= 11 is 0.875. The molecule has 0 saturated carbocycles. The molecule has 0 bridgehead atoms. The Kier molecular flexibility index (Phi) is 6.01. The Bertz CT molecular complexity index is 339. The van der Waals surface area contributed by atoms with E-state index in [1.54, 1.807) is 0 Å². The van der Waals surface area contributed by atoms with Crippen LogP contribution in [0.4, 0.5) is 4.79 Å². The van der Waals surface area contributed by atoms with Crippen LogP contribution in [-0.4, -0.2) is 35.9 Å². The summed E-state index contributed by atoms with van der Waals surface area (Å²) in [6, 6.07) is -0.951. The third kappa shape index (κ3) is 4.22. The second kappa shape index (κ2) is 6.72. The Morgan fingerprint density at radius 2 is 2.00 bits per heavy atom. The van der Waals surface area contributed by atoms with Crippen LogP contribution in [0.5, 0.6) is 0 Å². The van der Waals surface area contributed by atoms with Gasteiger partial charge in [0.25, 0.3) is 0 Å². The SMILES string of the molecule is CCOC(=O)C(C(=O)O)=C(NC(N)=O)SC. The molecule has 0 atom stereocenters. The van der Waals surface area contributed by atoms with Gasteiger partial charge in [0.2, 0.25) is 0 Å². The van der Waals surface area contributed by atoms with E-state index < -0.39 is 23.5 Å². The van der Waals surface area contributed by atoms with Gasteiger partial charge in [0, 0.05) is 0 Å². The lowest BCUT2D eigenvalue weighted by atomic mass is 10.3. The number of nitrogens with two attached hydrogens (primary N) is 1. The second-order valence-corrected chi connectivity index (χ2v) is 3.24. The molecule has 0 spiro atoms. The number of esters is 1. The van der Waals surface area contributed by atoms with E-state index in [4.69, 9.17) is 10.8 Å². The van der Waals surface area contributed by atoms with Gasteiger partial charge < -0.3 is 20.9 Å². The Morgan fingerprint density at radius 1 is 1.44 bits per heavy atom. The minimum Gasteiger partial charge on any atom is -0.477 e. The van der Waals surface area contributed by atoms with Crippen LogP contribution in [0, 0.1) is 0 Å². The van der Waals surface area contributed by atoms with Crippen molar-refractivity contribution in [3.63, 3.8) is 0 Å². The molecule has 0 heterocycles. The number of aliphatic carboxylic acids is 1. The van der Waals surface area contributed by atoms with E-state index in [0.717, 1.165) is 11.8 Å². The van der Waals surface area contributed by atoms with Crippen molar-refractivity contribution in [1.29, 1.82) is 0 Å². The molecule has 0 rings (SSSR count). The van der Waals surface area contributed by atoms with E-state index in [-0.39, 0.29) is 11.6 Å². The summed E-state index contributed by atoms with van der Waals surface area (Å²) in [6.07, 6.45) is 1.49. The highest BCUT2D eigenvalue weighted by atomic mass is 32.2. The molecular formula is C8H12N2O5S. The molecule has 0 aliphatic rings. The molecule has 0 saturated heterocycles. The molecule has 16 heavy (non-hydrogen) atoms. The molecule has 0 fully saturated rings. The number of amides is 2. The molecule has 0 aliphatic heterocycles. The first-order valence-electron chi connectivity index (χ1n) is 4.19. The van der Waals surface area contributed by atoms with Crippen LogP contribution in [0.2, 0.25) is 0 Å². The summed E-state index contributed by atoms with van der Waals surface area (Å²) in [7, 11) is 0. The number of thioether (sulfide) groups is 1. The molecule has 2 amide bonds. The van der Waals surface area contributed by atoms with Crippen molar-refractivity contribution in [2.75, 3.05) is 12.9 Å². The quantitative estimate of drug-likeness (QED) is 0.270. The summed E-state index contributed by atoms with van der Waals surface area (Å²) in [4.78, 5) is 32.7. The number of carboxylic acid groups (broad SMARTS) is 1. The number of hydrogen-bond acceptors (Lipinski definition) is 5. The number of nitrogens with one attached hydrogen (secondary N) is 1. The first-order valence-corrected chi connectivity index (χ1v) is 5.41. The number of hydrogen-bond donors (Lipinski definition) is 3. The van der Waals surface area contributed by atoms with Gasteiger partial charge >= 0.3 is 18.0 Å². The maximum absolute atomic E-state index is 11.3. The van der Waals surface area contributed by atoms with E-state index in [1.165, 1.54) is 13.2 Å². The molecule has 4 N–H and O–H groups in total. The van der Waals surface area contributed by atoms with E-state index in [1.807, 2.05) is 0 Å². The van der Waals surface area contributed by atoms with E-state index in [0.29, 0.717) is 0 Å². The van der Waals surface area contributed by atoms with Crippen molar-refractivity contribution in [2.24, 2.45) is 5.73 Å². The predicted octanol–water partition coefficient (Wildman–Crippen LogP) is -0.123. The summed E-state index contributed by atoms with van der Waals surface area (Å²) in [5, 5.41) is 10.7. The van der Waals surface area contributed by atoms with Crippen molar-refractivity contribution in [3.8, 4) is 0 Å². The van der Waals surface area contributed by atoms with Crippen LogP contribution in [0.3, 0.4) is 0 Å². The second-order valence-electron chi connectivity index (χ2n) is 2.42. The number of rotatable bonds is 5. The van der Waals surface area contributed by atoms with E-state index >= 15 is 0 Å². The Labute approximate surface area is 96.0 Å². The van der Waals surface area contributed by atoms with Gasteiger partial charge in [-0.1, -0.05) is 0 Å². The number of carboxylic acids is 1. The molecule has 0 aromatic carbocycles. The fourth-order valence-corrected chi connectivity index (χ4v) is 1.39. The number of carbonyl (C=O) groups is 3. The lowest BCUT2D eigenvalue weighted by Gasteiger charge is -2.09. The van der Waals surface area contributed by atoms with Crippen molar-refractivity contribution in [1.82, 2.24) is 5.32 Å². The largest absolute Gasteiger partial charge is 0.477 e. The molecule has 90 valence electrons. The fraction of sp³-hybridized carbons (Fsp3) is 0.375. The first kappa shape index (κ1) is 14.3. The number of carbonyl (C=O) groups excluding carboxylic acids is 2. The van der Waals surface area contributed by atoms with Crippen LogP contribution in [0.1, 0.15) is 6.92 Å². The van der Waals surface area contributed by atoms with E-state index in [9.17, 15) is 14.4 Å². The van der Waals surface area contributed by atoms with Crippen LogP contribution < -0.4 is 11.1 Å². The normalized spacial score (nSPS) is 11.4. The third-order valence-corrected chi connectivity index (χ3v) is 2.08. The van der Waals surface area contributed by atoms with Gasteiger partial charge in [-0.2, -0.15) is 0 Å². The first-order chi connectivity index (χ1) is 7.43. The zero-order valence-corrected chi connectivity index (χ0v) is 9.59. The van der Waals surface area contributed by atoms with Crippen molar-refractivity contribution in [2.45, 2.75) is 6.92 Å². The van der Waals surface area contributed by atoms with Gasteiger partial charge in [0.05, 0.1) is 11.6 Å². The molecular weight excluding hydrogens is 236 g/mol. The highest BCUT2D eigenvalue weighted by molar-refractivity contribution is 8.02. The topological polar surface area (TPSA) is 119 Å². The van der Waals surface area contributed by atoms with Gasteiger partial charge in [-0.25, -0.2) is 14.4 Å². The third-order valence-electron chi connectivity index (χ3n) is 1.36. The van der Waals surface area contributed by atoms with Crippen molar-refractivity contribution >= 4 is 29.7 Å². The van der Waals surface area contributed by atoms with Crippen LogP contribution in [-0.2, 0) is 14.3 Å². The van der Waals surface area contributed by atoms with Gasteiger partial charge in [-0.15, -0.1) is 11.8 Å². The standard InChI is InChI=1S/C8H12N2O5S/c1-3-15-7(13)4(6(11)12)5(16-2)10-8(9)14/h3H2,1-2H3,(H,11,12)(H3,9,10,14). The predicted molar refractivity (Wildman–Crippen MR) is 57.5 cm³/mol. The fourth-order valence-electron chi connectivity index (χ4n) is 0.808. The number of ether oxygens (including phenoxy) is 1. The summed E-state index contributed by atoms with van der Waals surface area (Å²) in [5.41, 5.74) is 4.19. The average Bonchev–Trinajstić information content (AvgIpc) is 2.15. The molecule has 0 unspecified atom stereocenters. The minimum absolute atomic E-state index is 0.0356. The Morgan fingerprint density at radius 3 is 2.31 bits per heavy atom. The summed E-state index contributed by atoms with van der Waals surface area (Å²) in [5.74, 6) is -2.51. The lowest BCUT2D eigenvalue weighted by molar-refractivity contribution is -0.143. The monoisotopic (exact) mass is 248 g/mol.